The summed E-state index contributed by atoms with van der Waals surface area (Å²) < 4.78 is 5.22. The molecular weight excluding hydrogens is 232 g/mol. The first-order valence-electron chi connectivity index (χ1n) is 5.86. The zero-order valence-electron chi connectivity index (χ0n) is 10.7. The normalized spacial score (nSPS) is 16.2. The van der Waals surface area contributed by atoms with Crippen LogP contribution in [0.25, 0.3) is 0 Å². The summed E-state index contributed by atoms with van der Waals surface area (Å²) in [4.78, 5) is 23.6. The highest BCUT2D eigenvalue weighted by Gasteiger charge is 2.57. The largest absolute Gasteiger partial charge is 0.496 e. The van der Waals surface area contributed by atoms with Gasteiger partial charge in [0.2, 0.25) is 0 Å². The molecule has 1 aliphatic carbocycles. The first kappa shape index (κ1) is 12.6. The van der Waals surface area contributed by atoms with Gasteiger partial charge in [0.05, 0.1) is 12.7 Å². The van der Waals surface area contributed by atoms with Crippen LogP contribution in [-0.4, -0.2) is 24.0 Å². The number of hydrogen-bond donors (Lipinski definition) is 1. The molecule has 0 radical (unpaired) electrons. The third-order valence-corrected chi connectivity index (χ3v) is 3.48. The highest BCUT2D eigenvalue weighted by molar-refractivity contribution is 6.16. The van der Waals surface area contributed by atoms with Gasteiger partial charge in [-0.3, -0.25) is 9.59 Å². The summed E-state index contributed by atoms with van der Waals surface area (Å²) in [7, 11) is 1.49. The van der Waals surface area contributed by atoms with Crippen molar-refractivity contribution in [1.29, 1.82) is 0 Å². The summed E-state index contributed by atoms with van der Waals surface area (Å²) in [5.41, 5.74) is 0.946. The van der Waals surface area contributed by atoms with Crippen molar-refractivity contribution in [2.75, 3.05) is 7.11 Å². The molecule has 0 unspecified atom stereocenters. The Hall–Kier alpha value is -1.84. The van der Waals surface area contributed by atoms with E-state index >= 15 is 0 Å². The summed E-state index contributed by atoms with van der Waals surface area (Å²) in [5, 5.41) is 9.18. The number of ether oxygens (including phenoxy) is 1. The van der Waals surface area contributed by atoms with Crippen LogP contribution in [0.2, 0.25) is 0 Å². The first-order valence-corrected chi connectivity index (χ1v) is 5.86. The second kappa shape index (κ2) is 4.12. The van der Waals surface area contributed by atoms with E-state index in [2.05, 4.69) is 0 Å². The number of carboxylic acid groups (broad SMARTS) is 1. The zero-order chi connectivity index (χ0) is 13.5. The number of ketones is 1. The van der Waals surface area contributed by atoms with Crippen LogP contribution >= 0.6 is 0 Å². The van der Waals surface area contributed by atoms with Crippen molar-refractivity contribution >= 4 is 11.8 Å². The van der Waals surface area contributed by atoms with Gasteiger partial charge in [0.15, 0.2) is 5.78 Å². The molecule has 1 aliphatic rings. The van der Waals surface area contributed by atoms with E-state index in [1.165, 1.54) is 7.11 Å². The molecule has 0 bridgehead atoms. The Labute approximate surface area is 106 Å². The highest BCUT2D eigenvalue weighted by Crippen LogP contribution is 2.50. The number of benzene rings is 1. The molecule has 1 aromatic carbocycles. The van der Waals surface area contributed by atoms with Crippen LogP contribution in [0, 0.1) is 19.3 Å². The van der Waals surface area contributed by atoms with E-state index < -0.39 is 11.4 Å². The van der Waals surface area contributed by atoms with Crippen LogP contribution in [0.5, 0.6) is 5.75 Å². The second-order valence-electron chi connectivity index (χ2n) is 4.88. The quantitative estimate of drug-likeness (QED) is 0.656. The molecule has 0 atom stereocenters. The summed E-state index contributed by atoms with van der Waals surface area (Å²) in [5.74, 6) is -0.899. The van der Waals surface area contributed by atoms with Crippen LogP contribution in [0.4, 0.5) is 0 Å². The van der Waals surface area contributed by atoms with Crippen LogP contribution in [-0.2, 0) is 4.79 Å². The Bertz CT molecular complexity index is 527. The SMILES string of the molecule is COc1cc(C)cc(C)c1C(=O)C1(C(=O)O)CC1. The van der Waals surface area contributed by atoms with E-state index in [4.69, 9.17) is 4.74 Å². The van der Waals surface area contributed by atoms with Crippen molar-refractivity contribution < 1.29 is 19.4 Å². The van der Waals surface area contributed by atoms with Gasteiger partial charge in [-0.1, -0.05) is 6.07 Å². The Morgan fingerprint density at radius 3 is 2.33 bits per heavy atom. The Balaban J connectivity index is 2.52. The molecule has 1 fully saturated rings. The standard InChI is InChI=1S/C14H16O4/c1-8-6-9(2)11(10(7-8)18-3)12(15)14(4-5-14)13(16)17/h6-7H,4-5H2,1-3H3,(H,16,17). The molecule has 0 saturated heterocycles. The summed E-state index contributed by atoms with van der Waals surface area (Å²) in [6.45, 7) is 3.72. The summed E-state index contributed by atoms with van der Waals surface area (Å²) in [6, 6.07) is 3.63. The summed E-state index contributed by atoms with van der Waals surface area (Å²) >= 11 is 0. The molecule has 96 valence electrons. The minimum Gasteiger partial charge on any atom is -0.496 e. The first-order chi connectivity index (χ1) is 8.42. The highest BCUT2D eigenvalue weighted by atomic mass is 16.5. The van der Waals surface area contributed by atoms with Crippen molar-refractivity contribution in [3.63, 3.8) is 0 Å². The molecule has 4 heteroatoms. The van der Waals surface area contributed by atoms with Gasteiger partial charge in [-0.25, -0.2) is 0 Å². The fourth-order valence-corrected chi connectivity index (χ4v) is 2.28. The number of carboxylic acids is 1. The average molecular weight is 248 g/mol. The average Bonchev–Trinajstić information content (AvgIpc) is 3.08. The van der Waals surface area contributed by atoms with Gasteiger partial charge in [-0.15, -0.1) is 0 Å². The Kier molecular flexibility index (Phi) is 2.89. The molecule has 2 rings (SSSR count). The van der Waals surface area contributed by atoms with E-state index in [1.807, 2.05) is 13.0 Å². The van der Waals surface area contributed by atoms with Crippen LogP contribution in [0.15, 0.2) is 12.1 Å². The third kappa shape index (κ3) is 1.78. The predicted molar refractivity (Wildman–Crippen MR) is 66.1 cm³/mol. The maximum absolute atomic E-state index is 12.4. The van der Waals surface area contributed by atoms with Crippen molar-refractivity contribution in [2.24, 2.45) is 5.41 Å². The van der Waals surface area contributed by atoms with Gasteiger partial charge in [0, 0.05) is 0 Å². The molecule has 1 aromatic rings. The minimum absolute atomic E-state index is 0.329. The van der Waals surface area contributed by atoms with E-state index in [0.29, 0.717) is 24.2 Å². The molecule has 18 heavy (non-hydrogen) atoms. The van der Waals surface area contributed by atoms with Gasteiger partial charge in [-0.05, 0) is 43.9 Å². The number of aliphatic carboxylic acids is 1. The van der Waals surface area contributed by atoms with Crippen molar-refractivity contribution in [3.05, 3.63) is 28.8 Å². The molecular formula is C14H16O4. The van der Waals surface area contributed by atoms with Gasteiger partial charge < -0.3 is 9.84 Å². The van der Waals surface area contributed by atoms with Crippen molar-refractivity contribution in [2.45, 2.75) is 26.7 Å². The van der Waals surface area contributed by atoms with E-state index in [0.717, 1.165) is 11.1 Å². The minimum atomic E-state index is -1.21. The lowest BCUT2D eigenvalue weighted by Gasteiger charge is -2.15. The Morgan fingerprint density at radius 2 is 1.89 bits per heavy atom. The van der Waals surface area contributed by atoms with E-state index in [9.17, 15) is 14.7 Å². The number of methoxy groups -OCH3 is 1. The van der Waals surface area contributed by atoms with E-state index in [-0.39, 0.29) is 5.78 Å². The second-order valence-corrected chi connectivity index (χ2v) is 4.88. The van der Waals surface area contributed by atoms with Crippen LogP contribution < -0.4 is 4.74 Å². The molecule has 0 aromatic heterocycles. The third-order valence-electron chi connectivity index (χ3n) is 3.48. The number of carbonyl (C=O) groups excluding carboxylic acids is 1. The molecule has 0 spiro atoms. The smallest absolute Gasteiger partial charge is 0.317 e. The molecule has 0 heterocycles. The maximum atomic E-state index is 12.4. The van der Waals surface area contributed by atoms with Crippen LogP contribution in [0.1, 0.15) is 34.3 Å². The van der Waals surface area contributed by atoms with Gasteiger partial charge in [0.25, 0.3) is 0 Å². The van der Waals surface area contributed by atoms with E-state index in [1.54, 1.807) is 13.0 Å². The fraction of sp³-hybridized carbons (Fsp3) is 0.429. The predicted octanol–water partition coefficient (Wildman–Crippen LogP) is 2.36. The van der Waals surface area contributed by atoms with Crippen molar-refractivity contribution in [3.8, 4) is 5.75 Å². The molecule has 1 saturated carbocycles. The zero-order valence-corrected chi connectivity index (χ0v) is 10.7. The summed E-state index contributed by atoms with van der Waals surface area (Å²) in [6.07, 6.45) is 0.829. The lowest BCUT2D eigenvalue weighted by Crippen LogP contribution is -2.26. The molecule has 1 N–H and O–H groups in total. The van der Waals surface area contributed by atoms with Gasteiger partial charge in [-0.2, -0.15) is 0 Å². The van der Waals surface area contributed by atoms with Crippen molar-refractivity contribution in [1.82, 2.24) is 0 Å². The fourth-order valence-electron chi connectivity index (χ4n) is 2.28. The van der Waals surface area contributed by atoms with Gasteiger partial charge in [0.1, 0.15) is 11.2 Å². The number of Topliss-reactive ketones (excluding diaryl/α,β-unsaturated/α-hetero) is 1. The molecule has 0 amide bonds. The lowest BCUT2D eigenvalue weighted by molar-refractivity contribution is -0.141. The lowest BCUT2D eigenvalue weighted by atomic mass is 9.90. The maximum Gasteiger partial charge on any atom is 0.317 e. The van der Waals surface area contributed by atoms with Crippen LogP contribution in [0.3, 0.4) is 0 Å². The topological polar surface area (TPSA) is 63.6 Å². The monoisotopic (exact) mass is 248 g/mol. The number of hydrogen-bond acceptors (Lipinski definition) is 3. The molecule has 4 nitrogen and oxygen atoms in total. The number of carbonyl (C=O) groups is 2. The Morgan fingerprint density at radius 1 is 1.28 bits per heavy atom. The number of aryl methyl sites for hydroxylation is 2. The van der Waals surface area contributed by atoms with Gasteiger partial charge >= 0.3 is 5.97 Å². The number of rotatable bonds is 4. The molecule has 0 aliphatic heterocycles.